The van der Waals surface area contributed by atoms with E-state index < -0.39 is 0 Å². The molecule has 1 atom stereocenters. The molecule has 1 N–H and O–H groups in total. The summed E-state index contributed by atoms with van der Waals surface area (Å²) in [5.41, 5.74) is 1.82. The molecule has 16 heavy (non-hydrogen) atoms. The number of halogens is 1. The zero-order valence-electron chi connectivity index (χ0n) is 8.94. The molecule has 2 nitrogen and oxygen atoms in total. The molecule has 0 heterocycles. The highest BCUT2D eigenvalue weighted by Gasteiger charge is 2.07. The third-order valence-corrected chi connectivity index (χ3v) is 2.14. The van der Waals surface area contributed by atoms with Crippen LogP contribution in [0.1, 0.15) is 18.1 Å². The fraction of sp³-hybridized carbons (Fsp3) is 0.154. The molecule has 0 aliphatic rings. The lowest BCUT2D eigenvalue weighted by Gasteiger charge is -2.07. The van der Waals surface area contributed by atoms with Gasteiger partial charge in [-0.2, -0.15) is 5.26 Å². The molecule has 0 saturated heterocycles. The Labute approximate surface area is 100 Å². The van der Waals surface area contributed by atoms with Crippen molar-refractivity contribution in [2.24, 2.45) is 0 Å². The number of alkyl halides is 1. The molecule has 0 aromatic heterocycles. The maximum Gasteiger partial charge on any atom is 0.115 e. The van der Waals surface area contributed by atoms with Crippen LogP contribution in [0.2, 0.25) is 0 Å². The fourth-order valence-corrected chi connectivity index (χ4v) is 1.47. The highest BCUT2D eigenvalue weighted by atomic mass is 35.5. The van der Waals surface area contributed by atoms with E-state index in [2.05, 4.69) is 6.58 Å². The summed E-state index contributed by atoms with van der Waals surface area (Å²) in [5, 5.41) is 18.0. The first-order valence-electron chi connectivity index (χ1n) is 4.79. The van der Waals surface area contributed by atoms with Gasteiger partial charge in [0.2, 0.25) is 0 Å². The number of hydrogen-bond acceptors (Lipinski definition) is 2. The van der Waals surface area contributed by atoms with Crippen LogP contribution in [0.4, 0.5) is 0 Å². The Balaban J connectivity index is 3.23. The first-order chi connectivity index (χ1) is 7.54. The summed E-state index contributed by atoms with van der Waals surface area (Å²) < 4.78 is 0. The van der Waals surface area contributed by atoms with Gasteiger partial charge >= 0.3 is 0 Å². The first kappa shape index (κ1) is 12.4. The second-order valence-corrected chi connectivity index (χ2v) is 4.09. The Hall–Kier alpha value is -1.72. The van der Waals surface area contributed by atoms with Crippen LogP contribution in [0.5, 0.6) is 0 Å². The van der Waals surface area contributed by atoms with Crippen LogP contribution in [0.25, 0.3) is 5.57 Å². The molecule has 0 bridgehead atoms. The van der Waals surface area contributed by atoms with Crippen molar-refractivity contribution >= 4 is 17.2 Å². The van der Waals surface area contributed by atoms with E-state index in [-0.39, 0.29) is 11.1 Å². The van der Waals surface area contributed by atoms with Gasteiger partial charge in [-0.15, -0.1) is 11.6 Å². The summed E-state index contributed by atoms with van der Waals surface area (Å²) >= 11 is 5.85. The van der Waals surface area contributed by atoms with Gasteiger partial charge < -0.3 is 5.11 Å². The standard InChI is InChI=1S/C13H12ClNO/c1-9(14)6-13(10(2)16)12-5-3-4-11(7-12)8-15/h3-7,9,16H,2H2,1H3/b13-6+. The summed E-state index contributed by atoms with van der Waals surface area (Å²) in [6.45, 7) is 5.28. The van der Waals surface area contributed by atoms with Gasteiger partial charge in [0.05, 0.1) is 11.6 Å². The molecular formula is C13H12ClNO. The molecule has 1 unspecified atom stereocenters. The zero-order valence-corrected chi connectivity index (χ0v) is 9.70. The molecule has 0 aliphatic heterocycles. The van der Waals surface area contributed by atoms with Crippen LogP contribution in [-0.2, 0) is 0 Å². The van der Waals surface area contributed by atoms with Crippen molar-refractivity contribution in [3.05, 3.63) is 53.8 Å². The molecule has 0 amide bonds. The van der Waals surface area contributed by atoms with E-state index in [1.165, 1.54) is 0 Å². The van der Waals surface area contributed by atoms with Crippen LogP contribution in [0.3, 0.4) is 0 Å². The largest absolute Gasteiger partial charge is 0.508 e. The molecule has 1 aromatic rings. The number of hydrogen-bond donors (Lipinski definition) is 1. The van der Waals surface area contributed by atoms with Gasteiger partial charge in [-0.3, -0.25) is 0 Å². The van der Waals surface area contributed by atoms with Crippen LogP contribution < -0.4 is 0 Å². The lowest BCUT2D eigenvalue weighted by molar-refractivity contribution is 0.440. The third-order valence-electron chi connectivity index (χ3n) is 2.01. The SMILES string of the molecule is C=C(O)/C(=C\C(C)Cl)c1cccc(C#N)c1. The topological polar surface area (TPSA) is 44.0 Å². The minimum absolute atomic E-state index is 0.0532. The average Bonchev–Trinajstić information content (AvgIpc) is 2.25. The number of nitriles is 1. The molecule has 3 heteroatoms. The van der Waals surface area contributed by atoms with Crippen LogP contribution in [0.15, 0.2) is 42.7 Å². The van der Waals surface area contributed by atoms with Crippen molar-refractivity contribution in [3.63, 3.8) is 0 Å². The molecule has 1 aromatic carbocycles. The zero-order chi connectivity index (χ0) is 12.1. The monoisotopic (exact) mass is 233 g/mol. The number of allylic oxidation sites excluding steroid dienone is 2. The average molecular weight is 234 g/mol. The van der Waals surface area contributed by atoms with Crippen LogP contribution in [-0.4, -0.2) is 10.5 Å². The molecule has 0 fully saturated rings. The van der Waals surface area contributed by atoms with Crippen molar-refractivity contribution in [3.8, 4) is 6.07 Å². The normalized spacial score (nSPS) is 12.9. The Kier molecular flexibility index (Phi) is 4.16. The van der Waals surface area contributed by atoms with Crippen LogP contribution in [0, 0.1) is 11.3 Å². The first-order valence-corrected chi connectivity index (χ1v) is 5.23. The van der Waals surface area contributed by atoms with E-state index in [0.29, 0.717) is 11.1 Å². The van der Waals surface area contributed by atoms with Gasteiger partial charge in [0.1, 0.15) is 5.76 Å². The van der Waals surface area contributed by atoms with E-state index in [4.69, 9.17) is 16.9 Å². The van der Waals surface area contributed by atoms with E-state index >= 15 is 0 Å². The van der Waals surface area contributed by atoms with E-state index in [1.807, 2.05) is 6.07 Å². The summed E-state index contributed by atoms with van der Waals surface area (Å²) in [6, 6.07) is 8.98. The van der Waals surface area contributed by atoms with Crippen molar-refractivity contribution in [2.75, 3.05) is 0 Å². The Bertz CT molecular complexity index is 469. The van der Waals surface area contributed by atoms with Gasteiger partial charge in [0, 0.05) is 11.0 Å². The molecule has 0 spiro atoms. The lowest BCUT2D eigenvalue weighted by Crippen LogP contribution is -1.93. The quantitative estimate of drug-likeness (QED) is 0.492. The molecule has 1 rings (SSSR count). The minimum Gasteiger partial charge on any atom is -0.508 e. The molecule has 0 radical (unpaired) electrons. The summed E-state index contributed by atoms with van der Waals surface area (Å²) in [4.78, 5) is 0. The fourth-order valence-electron chi connectivity index (χ4n) is 1.34. The van der Waals surface area contributed by atoms with E-state index in [9.17, 15) is 5.11 Å². The number of benzene rings is 1. The van der Waals surface area contributed by atoms with Gasteiger partial charge in [-0.05, 0) is 24.6 Å². The molecule has 0 aliphatic carbocycles. The van der Waals surface area contributed by atoms with Crippen LogP contribution >= 0.6 is 11.6 Å². The predicted octanol–water partition coefficient (Wildman–Crippen LogP) is 3.64. The van der Waals surface area contributed by atoms with E-state index in [0.717, 1.165) is 5.56 Å². The number of aliphatic hydroxyl groups excluding tert-OH is 1. The predicted molar refractivity (Wildman–Crippen MR) is 66.2 cm³/mol. The molecule has 0 saturated carbocycles. The van der Waals surface area contributed by atoms with Crippen molar-refractivity contribution in [2.45, 2.75) is 12.3 Å². The number of rotatable bonds is 3. The number of nitrogens with zero attached hydrogens (tertiary/aromatic N) is 1. The second-order valence-electron chi connectivity index (χ2n) is 3.40. The minimum atomic E-state index is -0.218. The highest BCUT2D eigenvalue weighted by Crippen LogP contribution is 2.22. The van der Waals surface area contributed by atoms with Gasteiger partial charge in [-0.1, -0.05) is 24.8 Å². The van der Waals surface area contributed by atoms with Crippen molar-refractivity contribution in [1.82, 2.24) is 0 Å². The van der Waals surface area contributed by atoms with Crippen molar-refractivity contribution in [1.29, 1.82) is 5.26 Å². The Morgan fingerprint density at radius 3 is 2.81 bits per heavy atom. The molecule has 82 valence electrons. The summed E-state index contributed by atoms with van der Waals surface area (Å²) in [6.07, 6.45) is 1.69. The maximum absolute atomic E-state index is 9.47. The van der Waals surface area contributed by atoms with Crippen molar-refractivity contribution < 1.29 is 5.11 Å². The smallest absolute Gasteiger partial charge is 0.115 e. The van der Waals surface area contributed by atoms with E-state index in [1.54, 1.807) is 37.3 Å². The Morgan fingerprint density at radius 2 is 2.31 bits per heavy atom. The van der Waals surface area contributed by atoms with Gasteiger partial charge in [0.15, 0.2) is 0 Å². The second kappa shape index (κ2) is 5.39. The summed E-state index contributed by atoms with van der Waals surface area (Å²) in [5.74, 6) is -0.0532. The highest BCUT2D eigenvalue weighted by molar-refractivity contribution is 6.22. The third kappa shape index (κ3) is 3.15. The maximum atomic E-state index is 9.47. The number of aliphatic hydroxyl groups is 1. The summed E-state index contributed by atoms with van der Waals surface area (Å²) in [7, 11) is 0. The Morgan fingerprint density at radius 1 is 1.62 bits per heavy atom. The lowest BCUT2D eigenvalue weighted by atomic mass is 10.0. The van der Waals surface area contributed by atoms with Gasteiger partial charge in [0.25, 0.3) is 0 Å². The molecular weight excluding hydrogens is 222 g/mol. The van der Waals surface area contributed by atoms with Gasteiger partial charge in [-0.25, -0.2) is 0 Å².